The Labute approximate surface area is 195 Å². The van der Waals surface area contributed by atoms with Crippen molar-refractivity contribution < 1.29 is 32.3 Å². The number of rotatable bonds is 7. The van der Waals surface area contributed by atoms with Gasteiger partial charge in [-0.1, -0.05) is 11.6 Å². The molecule has 0 bridgehead atoms. The highest BCUT2D eigenvalue weighted by Crippen LogP contribution is 2.20. The standard InChI is InChI=1S/C21H22ClN3O7S/c1-33(29,30)13-18(32-21(28)24-16-4-2-14(22)3-5-16)20(27)23-15-6-8-17(9-7-15)25-10-11-31-12-19(25)26/h2-9,18H,10-13H2,1H3,(H,23,27)(H,24,28)/t18-/m1/s1. The summed E-state index contributed by atoms with van der Waals surface area (Å²) in [7, 11) is -3.65. The van der Waals surface area contributed by atoms with Gasteiger partial charge in [-0.25, -0.2) is 13.2 Å². The van der Waals surface area contributed by atoms with Crippen molar-refractivity contribution in [3.8, 4) is 0 Å². The lowest BCUT2D eigenvalue weighted by Crippen LogP contribution is -2.41. The number of sulfone groups is 1. The number of nitrogens with one attached hydrogen (secondary N) is 2. The SMILES string of the molecule is CS(=O)(=O)C[C@@H](OC(=O)Nc1ccc(Cl)cc1)C(=O)Nc1ccc(N2CCOCC2=O)cc1. The number of ether oxygens (including phenoxy) is 2. The lowest BCUT2D eigenvalue weighted by atomic mass is 10.2. The van der Waals surface area contributed by atoms with E-state index in [1.54, 1.807) is 41.3 Å². The van der Waals surface area contributed by atoms with Crippen molar-refractivity contribution in [1.82, 2.24) is 0 Å². The number of anilines is 3. The summed E-state index contributed by atoms with van der Waals surface area (Å²) >= 11 is 5.80. The number of morpholine rings is 1. The van der Waals surface area contributed by atoms with Crippen LogP contribution in [0, 0.1) is 0 Å². The van der Waals surface area contributed by atoms with Crippen LogP contribution in [-0.2, 0) is 28.9 Å². The van der Waals surface area contributed by atoms with Crippen LogP contribution in [-0.4, -0.2) is 64.2 Å². The average molecular weight is 496 g/mol. The van der Waals surface area contributed by atoms with Crippen LogP contribution in [0.4, 0.5) is 21.9 Å². The third kappa shape index (κ3) is 7.45. The molecule has 12 heteroatoms. The molecule has 0 saturated carbocycles. The maximum Gasteiger partial charge on any atom is 0.412 e. The first-order valence-corrected chi connectivity index (χ1v) is 12.2. The topological polar surface area (TPSA) is 131 Å². The van der Waals surface area contributed by atoms with Crippen LogP contribution in [0.2, 0.25) is 5.02 Å². The lowest BCUT2D eigenvalue weighted by Gasteiger charge is -2.27. The molecule has 1 saturated heterocycles. The minimum absolute atomic E-state index is 0.00107. The van der Waals surface area contributed by atoms with Gasteiger partial charge in [0.15, 0.2) is 15.9 Å². The quantitative estimate of drug-likeness (QED) is 0.602. The van der Waals surface area contributed by atoms with E-state index in [1.165, 1.54) is 12.1 Å². The van der Waals surface area contributed by atoms with Crippen LogP contribution in [0.3, 0.4) is 0 Å². The van der Waals surface area contributed by atoms with Crippen molar-refractivity contribution >= 4 is 56.4 Å². The molecule has 0 unspecified atom stereocenters. The number of hydrogen-bond donors (Lipinski definition) is 2. The molecule has 10 nitrogen and oxygen atoms in total. The molecule has 1 aliphatic rings. The second-order valence-electron chi connectivity index (χ2n) is 7.25. The molecule has 33 heavy (non-hydrogen) atoms. The van der Waals surface area contributed by atoms with E-state index in [9.17, 15) is 22.8 Å². The van der Waals surface area contributed by atoms with E-state index in [4.69, 9.17) is 21.1 Å². The maximum absolute atomic E-state index is 12.7. The Bertz CT molecular complexity index is 1120. The Kier molecular flexibility index (Phi) is 7.90. The Morgan fingerprint density at radius 3 is 2.30 bits per heavy atom. The molecule has 3 rings (SSSR count). The third-order valence-electron chi connectivity index (χ3n) is 4.52. The van der Waals surface area contributed by atoms with Crippen LogP contribution in [0.15, 0.2) is 48.5 Å². The fraction of sp³-hybridized carbons (Fsp3) is 0.286. The number of amides is 3. The van der Waals surface area contributed by atoms with Crippen molar-refractivity contribution in [3.63, 3.8) is 0 Å². The van der Waals surface area contributed by atoms with E-state index in [0.717, 1.165) is 6.26 Å². The van der Waals surface area contributed by atoms with Gasteiger partial charge in [-0.05, 0) is 48.5 Å². The maximum atomic E-state index is 12.7. The van der Waals surface area contributed by atoms with Gasteiger partial charge >= 0.3 is 6.09 Å². The molecule has 0 radical (unpaired) electrons. The normalized spacial score (nSPS) is 15.0. The molecular weight excluding hydrogens is 474 g/mol. The van der Waals surface area contributed by atoms with Crippen LogP contribution in [0.1, 0.15) is 0 Å². The van der Waals surface area contributed by atoms with Gasteiger partial charge in [0.25, 0.3) is 11.8 Å². The van der Waals surface area contributed by atoms with E-state index in [0.29, 0.717) is 35.2 Å². The van der Waals surface area contributed by atoms with Crippen LogP contribution < -0.4 is 15.5 Å². The minimum atomic E-state index is -3.65. The fourth-order valence-electron chi connectivity index (χ4n) is 2.99. The Hall–Kier alpha value is -3.15. The summed E-state index contributed by atoms with van der Waals surface area (Å²) in [5.41, 5.74) is 1.33. The molecule has 0 aromatic heterocycles. The van der Waals surface area contributed by atoms with E-state index in [2.05, 4.69) is 10.6 Å². The second kappa shape index (κ2) is 10.6. The summed E-state index contributed by atoms with van der Waals surface area (Å²) in [6.07, 6.45) is -1.66. The number of carbonyl (C=O) groups is 3. The predicted octanol–water partition coefficient (Wildman–Crippen LogP) is 2.30. The summed E-state index contributed by atoms with van der Waals surface area (Å²) in [5.74, 6) is -1.69. The summed E-state index contributed by atoms with van der Waals surface area (Å²) in [6.45, 7) is 0.839. The van der Waals surface area contributed by atoms with Gasteiger partial charge in [-0.3, -0.25) is 14.9 Å². The van der Waals surface area contributed by atoms with Crippen molar-refractivity contribution in [2.45, 2.75) is 6.10 Å². The van der Waals surface area contributed by atoms with Gasteiger partial charge < -0.3 is 19.7 Å². The number of carbonyl (C=O) groups excluding carboxylic acids is 3. The molecule has 1 atom stereocenters. The second-order valence-corrected chi connectivity index (χ2v) is 9.87. The van der Waals surface area contributed by atoms with Gasteiger partial charge in [-0.15, -0.1) is 0 Å². The highest BCUT2D eigenvalue weighted by Gasteiger charge is 2.28. The Balaban J connectivity index is 1.66. The summed E-state index contributed by atoms with van der Waals surface area (Å²) in [4.78, 5) is 38.4. The van der Waals surface area contributed by atoms with Crippen LogP contribution in [0.5, 0.6) is 0 Å². The molecule has 2 aromatic carbocycles. The van der Waals surface area contributed by atoms with Gasteiger partial charge in [-0.2, -0.15) is 0 Å². The first-order chi connectivity index (χ1) is 15.6. The number of benzene rings is 2. The zero-order valence-electron chi connectivity index (χ0n) is 17.6. The predicted molar refractivity (Wildman–Crippen MR) is 123 cm³/mol. The number of halogens is 1. The number of hydrogen-bond acceptors (Lipinski definition) is 7. The Morgan fingerprint density at radius 1 is 1.09 bits per heavy atom. The minimum Gasteiger partial charge on any atom is -0.435 e. The van der Waals surface area contributed by atoms with Crippen LogP contribution >= 0.6 is 11.6 Å². The zero-order valence-corrected chi connectivity index (χ0v) is 19.2. The monoisotopic (exact) mass is 495 g/mol. The molecule has 176 valence electrons. The highest BCUT2D eigenvalue weighted by atomic mass is 35.5. The average Bonchev–Trinajstić information content (AvgIpc) is 2.75. The first kappa shape index (κ1) is 24.5. The van der Waals surface area contributed by atoms with E-state index in [-0.39, 0.29) is 12.5 Å². The van der Waals surface area contributed by atoms with Gasteiger partial charge in [0.1, 0.15) is 6.61 Å². The van der Waals surface area contributed by atoms with E-state index < -0.39 is 33.7 Å². The van der Waals surface area contributed by atoms with Crippen molar-refractivity contribution in [3.05, 3.63) is 53.6 Å². The first-order valence-electron chi connectivity index (χ1n) is 9.81. The molecule has 2 aromatic rings. The van der Waals surface area contributed by atoms with Gasteiger partial charge in [0.05, 0.1) is 12.4 Å². The summed E-state index contributed by atoms with van der Waals surface area (Å²) < 4.78 is 33.7. The largest absolute Gasteiger partial charge is 0.435 e. The molecule has 2 N–H and O–H groups in total. The zero-order chi connectivity index (χ0) is 24.0. The fourth-order valence-corrected chi connectivity index (χ4v) is 3.88. The van der Waals surface area contributed by atoms with Crippen molar-refractivity contribution in [2.24, 2.45) is 0 Å². The molecule has 0 spiro atoms. The van der Waals surface area contributed by atoms with Crippen molar-refractivity contribution in [2.75, 3.05) is 47.3 Å². The van der Waals surface area contributed by atoms with Gasteiger partial charge in [0.2, 0.25) is 0 Å². The molecule has 1 aliphatic heterocycles. The third-order valence-corrected chi connectivity index (χ3v) is 5.68. The number of nitrogens with zero attached hydrogens (tertiary/aromatic N) is 1. The summed E-state index contributed by atoms with van der Waals surface area (Å²) in [6, 6.07) is 12.5. The molecular formula is C21H22ClN3O7S. The molecule has 1 heterocycles. The molecule has 0 aliphatic carbocycles. The Morgan fingerprint density at radius 2 is 1.70 bits per heavy atom. The van der Waals surface area contributed by atoms with Crippen LogP contribution in [0.25, 0.3) is 0 Å². The van der Waals surface area contributed by atoms with Gasteiger partial charge in [0, 0.05) is 34.9 Å². The summed E-state index contributed by atoms with van der Waals surface area (Å²) in [5, 5.41) is 5.40. The molecule has 1 fully saturated rings. The van der Waals surface area contributed by atoms with E-state index >= 15 is 0 Å². The lowest BCUT2D eigenvalue weighted by molar-refractivity contribution is -0.125. The highest BCUT2D eigenvalue weighted by molar-refractivity contribution is 7.90. The smallest absolute Gasteiger partial charge is 0.412 e. The van der Waals surface area contributed by atoms with E-state index in [1.807, 2.05) is 0 Å². The van der Waals surface area contributed by atoms with Crippen molar-refractivity contribution in [1.29, 1.82) is 0 Å². The molecule has 3 amide bonds.